The Labute approximate surface area is 223 Å². The zero-order valence-corrected chi connectivity index (χ0v) is 24.2. The van der Waals surface area contributed by atoms with Gasteiger partial charge in [0.15, 0.2) is 13.6 Å². The van der Waals surface area contributed by atoms with Gasteiger partial charge in [-0.2, -0.15) is 0 Å². The molecule has 0 aliphatic rings. The summed E-state index contributed by atoms with van der Waals surface area (Å²) in [6, 6.07) is 19.1. The second-order valence-corrected chi connectivity index (χ2v) is 11.6. The quantitative estimate of drug-likeness (QED) is 0.273. The number of hydrogen-bond donors (Lipinski definition) is 0. The van der Waals surface area contributed by atoms with E-state index in [0.717, 1.165) is 50.8 Å². The van der Waals surface area contributed by atoms with Gasteiger partial charge < -0.3 is 23.8 Å². The topological polar surface area (TPSA) is 40.2 Å². The molecule has 0 atom stereocenters. The summed E-state index contributed by atoms with van der Waals surface area (Å²) in [5, 5.41) is 0. The number of hydrogen-bond acceptors (Lipinski definition) is 5. The lowest BCUT2D eigenvalue weighted by Crippen LogP contribution is -2.21. The van der Waals surface area contributed by atoms with E-state index in [1.165, 1.54) is 0 Å². The summed E-state index contributed by atoms with van der Waals surface area (Å²) in [5.41, 5.74) is 7.09. The number of nitrogens with zero attached hydrogens (tertiary/aromatic N) is 1. The Balaban J connectivity index is 2.47. The molecule has 0 radical (unpaired) electrons. The summed E-state index contributed by atoms with van der Waals surface area (Å²) < 4.78 is 23.4. The minimum absolute atomic E-state index is 0.148. The molecule has 37 heavy (non-hydrogen) atoms. The van der Waals surface area contributed by atoms with Crippen molar-refractivity contribution in [3.05, 3.63) is 76.9 Å². The maximum atomic E-state index is 6.34. The molecule has 0 saturated heterocycles. The summed E-state index contributed by atoms with van der Waals surface area (Å²) in [4.78, 5) is 2.24. The van der Waals surface area contributed by atoms with Crippen LogP contribution >= 0.6 is 0 Å². The predicted octanol–water partition coefficient (Wildman–Crippen LogP) is 8.33. The van der Waals surface area contributed by atoms with Crippen LogP contribution in [0.15, 0.2) is 54.6 Å². The van der Waals surface area contributed by atoms with E-state index in [0.29, 0.717) is 0 Å². The van der Waals surface area contributed by atoms with Crippen LogP contribution in [0, 0.1) is 13.8 Å². The fourth-order valence-electron chi connectivity index (χ4n) is 4.48. The molecule has 3 aromatic carbocycles. The molecule has 0 aliphatic carbocycles. The van der Waals surface area contributed by atoms with Crippen LogP contribution in [-0.2, 0) is 20.3 Å². The van der Waals surface area contributed by atoms with Crippen molar-refractivity contribution in [3.8, 4) is 11.5 Å². The highest BCUT2D eigenvalue weighted by atomic mass is 16.7. The van der Waals surface area contributed by atoms with Crippen LogP contribution in [0.5, 0.6) is 11.5 Å². The largest absolute Gasteiger partial charge is 0.465 e. The van der Waals surface area contributed by atoms with Crippen molar-refractivity contribution in [2.45, 2.75) is 66.2 Å². The van der Waals surface area contributed by atoms with Crippen molar-refractivity contribution in [1.82, 2.24) is 0 Å². The van der Waals surface area contributed by atoms with Gasteiger partial charge in [-0.3, -0.25) is 0 Å². The highest BCUT2D eigenvalue weighted by molar-refractivity contribution is 5.85. The average molecular weight is 506 g/mol. The fraction of sp³-hybridized carbons (Fsp3) is 0.438. The van der Waals surface area contributed by atoms with Crippen LogP contribution in [0.25, 0.3) is 0 Å². The van der Waals surface area contributed by atoms with Gasteiger partial charge in [0.2, 0.25) is 0 Å². The van der Waals surface area contributed by atoms with Gasteiger partial charge in [0, 0.05) is 31.0 Å². The Morgan fingerprint density at radius 1 is 0.622 bits per heavy atom. The summed E-state index contributed by atoms with van der Waals surface area (Å²) in [6.45, 7) is 17.8. The second-order valence-electron chi connectivity index (χ2n) is 11.6. The number of ether oxygens (including phenoxy) is 4. The van der Waals surface area contributed by atoms with Gasteiger partial charge in [0.25, 0.3) is 0 Å². The Morgan fingerprint density at radius 2 is 1.03 bits per heavy atom. The first-order chi connectivity index (χ1) is 17.4. The van der Waals surface area contributed by atoms with Crippen molar-refractivity contribution in [2.75, 3.05) is 32.7 Å². The first-order valence-corrected chi connectivity index (χ1v) is 12.8. The first-order valence-electron chi connectivity index (χ1n) is 12.8. The van der Waals surface area contributed by atoms with E-state index in [4.69, 9.17) is 18.9 Å². The van der Waals surface area contributed by atoms with Crippen LogP contribution in [0.3, 0.4) is 0 Å². The number of rotatable bonds is 9. The highest BCUT2D eigenvalue weighted by Crippen LogP contribution is 2.50. The molecule has 0 aliphatic heterocycles. The molecule has 0 fully saturated rings. The molecule has 3 rings (SSSR count). The first kappa shape index (κ1) is 28.5. The maximum absolute atomic E-state index is 6.34. The highest BCUT2D eigenvalue weighted by Gasteiger charge is 2.30. The van der Waals surface area contributed by atoms with Gasteiger partial charge in [-0.25, -0.2) is 0 Å². The Morgan fingerprint density at radius 3 is 1.38 bits per heavy atom. The van der Waals surface area contributed by atoms with E-state index in [1.54, 1.807) is 14.2 Å². The number of benzene rings is 3. The Kier molecular flexibility index (Phi) is 8.93. The standard InChI is InChI=1S/C32H43NO4/c1-22-16-25(31(3,4)5)29(36-20-34-9)27(18-22)33(24-14-12-11-13-15-24)28-19-23(2)17-26(32(6,7)8)30(28)37-21-35-10/h11-19H,20-21H2,1-10H3. The Bertz CT molecular complexity index is 1110. The molecule has 0 unspecified atom stereocenters. The van der Waals surface area contributed by atoms with Crippen LogP contribution in [0.4, 0.5) is 17.1 Å². The van der Waals surface area contributed by atoms with Crippen molar-refractivity contribution < 1.29 is 18.9 Å². The molecular weight excluding hydrogens is 462 g/mol. The molecule has 0 spiro atoms. The van der Waals surface area contributed by atoms with E-state index >= 15 is 0 Å². The minimum atomic E-state index is -0.148. The molecule has 0 amide bonds. The number of para-hydroxylation sites is 1. The lowest BCUT2D eigenvalue weighted by Gasteiger charge is -2.34. The molecule has 0 bridgehead atoms. The zero-order chi connectivity index (χ0) is 27.4. The third-order valence-corrected chi connectivity index (χ3v) is 6.18. The minimum Gasteiger partial charge on any atom is -0.465 e. The van der Waals surface area contributed by atoms with E-state index in [1.807, 2.05) is 6.07 Å². The predicted molar refractivity (Wildman–Crippen MR) is 153 cm³/mol. The number of anilines is 3. The maximum Gasteiger partial charge on any atom is 0.188 e. The van der Waals surface area contributed by atoms with Crippen LogP contribution < -0.4 is 14.4 Å². The van der Waals surface area contributed by atoms with E-state index in [9.17, 15) is 0 Å². The summed E-state index contributed by atoms with van der Waals surface area (Å²) in [5.74, 6) is 1.58. The molecule has 0 saturated carbocycles. The van der Waals surface area contributed by atoms with Crippen LogP contribution in [-0.4, -0.2) is 27.8 Å². The van der Waals surface area contributed by atoms with Gasteiger partial charge in [-0.1, -0.05) is 71.9 Å². The van der Waals surface area contributed by atoms with Crippen molar-refractivity contribution in [3.63, 3.8) is 0 Å². The molecule has 5 heteroatoms. The lowest BCUT2D eigenvalue weighted by molar-refractivity contribution is 0.0498. The molecule has 3 aromatic rings. The smallest absolute Gasteiger partial charge is 0.188 e. The third kappa shape index (κ3) is 6.65. The lowest BCUT2D eigenvalue weighted by atomic mass is 9.84. The molecule has 200 valence electrons. The fourth-order valence-corrected chi connectivity index (χ4v) is 4.48. The van der Waals surface area contributed by atoms with Gasteiger partial charge in [-0.15, -0.1) is 0 Å². The second kappa shape index (κ2) is 11.6. The number of methoxy groups -OCH3 is 2. The molecule has 5 nitrogen and oxygen atoms in total. The molecular formula is C32H43NO4. The third-order valence-electron chi connectivity index (χ3n) is 6.18. The molecule has 0 heterocycles. The average Bonchev–Trinajstić information content (AvgIpc) is 2.82. The van der Waals surface area contributed by atoms with Crippen LogP contribution in [0.1, 0.15) is 63.8 Å². The van der Waals surface area contributed by atoms with Crippen molar-refractivity contribution >= 4 is 17.1 Å². The van der Waals surface area contributed by atoms with Crippen molar-refractivity contribution in [2.24, 2.45) is 0 Å². The molecule has 0 N–H and O–H groups in total. The number of aryl methyl sites for hydroxylation is 2. The van der Waals surface area contributed by atoms with E-state index < -0.39 is 0 Å². The zero-order valence-electron chi connectivity index (χ0n) is 24.2. The molecule has 0 aromatic heterocycles. The van der Waals surface area contributed by atoms with Crippen LogP contribution in [0.2, 0.25) is 0 Å². The summed E-state index contributed by atoms with van der Waals surface area (Å²) in [6.07, 6.45) is 0. The van der Waals surface area contributed by atoms with Gasteiger partial charge >= 0.3 is 0 Å². The monoisotopic (exact) mass is 505 g/mol. The van der Waals surface area contributed by atoms with Gasteiger partial charge in [-0.05, 0) is 60.1 Å². The summed E-state index contributed by atoms with van der Waals surface area (Å²) >= 11 is 0. The normalized spacial score (nSPS) is 11.9. The summed E-state index contributed by atoms with van der Waals surface area (Å²) in [7, 11) is 3.29. The van der Waals surface area contributed by atoms with E-state index in [2.05, 4.69) is 109 Å². The van der Waals surface area contributed by atoms with Gasteiger partial charge in [0.1, 0.15) is 11.5 Å². The Hall–Kier alpha value is -3.02. The van der Waals surface area contributed by atoms with Crippen molar-refractivity contribution in [1.29, 1.82) is 0 Å². The van der Waals surface area contributed by atoms with Gasteiger partial charge in [0.05, 0.1) is 11.4 Å². The SMILES string of the molecule is COCOc1c(N(c2ccccc2)c2cc(C)cc(C(C)(C)C)c2OCOC)cc(C)cc1C(C)(C)C. The van der Waals surface area contributed by atoms with E-state index in [-0.39, 0.29) is 24.4 Å².